The molecule has 6 rings (SSSR count). The zero-order valence-electron chi connectivity index (χ0n) is 19.2. The largest absolute Gasteiger partial charge is 0.463 e. The maximum atomic E-state index is 13.8. The topological polar surface area (TPSA) is 97.6 Å². The molecule has 1 atom stereocenters. The summed E-state index contributed by atoms with van der Waals surface area (Å²) >= 11 is 7.66. The van der Waals surface area contributed by atoms with E-state index in [1.165, 1.54) is 15.9 Å². The summed E-state index contributed by atoms with van der Waals surface area (Å²) in [5.41, 5.74) is 1.72. The van der Waals surface area contributed by atoms with E-state index in [-0.39, 0.29) is 31.3 Å². The molecule has 4 heterocycles. The van der Waals surface area contributed by atoms with Gasteiger partial charge in [-0.15, -0.1) is 0 Å². The summed E-state index contributed by atoms with van der Waals surface area (Å²) in [7, 11) is 0. The van der Waals surface area contributed by atoms with Crippen LogP contribution in [0.2, 0.25) is 5.02 Å². The van der Waals surface area contributed by atoms with E-state index in [2.05, 4.69) is 4.99 Å². The SMILES string of the molecule is CCOC(=O)C1=C(C)N=c2s/c(=C/c3cc4c(cc3Cl)OCO4)c(=O)n2[C@@H]1c1ccc2c(c1)OCO2. The number of fused-ring (bicyclic) bond motifs is 3. The highest BCUT2D eigenvalue weighted by molar-refractivity contribution is 7.07. The lowest BCUT2D eigenvalue weighted by molar-refractivity contribution is -0.139. The van der Waals surface area contributed by atoms with Crippen LogP contribution in [-0.2, 0) is 9.53 Å². The Morgan fingerprint density at radius 1 is 1.14 bits per heavy atom. The Labute approximate surface area is 213 Å². The van der Waals surface area contributed by atoms with Crippen molar-refractivity contribution >= 4 is 35.0 Å². The molecular formula is C25H19ClN2O7S. The van der Waals surface area contributed by atoms with Gasteiger partial charge in [0.05, 0.1) is 33.5 Å². The Kier molecular flexibility index (Phi) is 5.50. The number of rotatable bonds is 4. The lowest BCUT2D eigenvalue weighted by Gasteiger charge is -2.24. The van der Waals surface area contributed by atoms with Gasteiger partial charge in [-0.1, -0.05) is 29.0 Å². The lowest BCUT2D eigenvalue weighted by atomic mass is 9.95. The molecule has 0 saturated heterocycles. The first-order chi connectivity index (χ1) is 17.4. The van der Waals surface area contributed by atoms with Gasteiger partial charge >= 0.3 is 5.97 Å². The first kappa shape index (κ1) is 22.7. The number of allylic oxidation sites excluding steroid dienone is 1. The highest BCUT2D eigenvalue weighted by atomic mass is 35.5. The number of ether oxygens (including phenoxy) is 5. The van der Waals surface area contributed by atoms with Crippen molar-refractivity contribution < 1.29 is 28.5 Å². The smallest absolute Gasteiger partial charge is 0.338 e. The molecule has 0 bridgehead atoms. The number of esters is 1. The molecule has 0 saturated carbocycles. The van der Waals surface area contributed by atoms with Gasteiger partial charge in [0.1, 0.15) is 0 Å². The van der Waals surface area contributed by atoms with E-state index in [1.807, 2.05) is 6.07 Å². The van der Waals surface area contributed by atoms with Crippen molar-refractivity contribution in [3.8, 4) is 23.0 Å². The molecule has 2 aromatic carbocycles. The minimum absolute atomic E-state index is 0.109. The number of carbonyl (C=O) groups excluding carboxylic acids is 1. The highest BCUT2D eigenvalue weighted by Crippen LogP contribution is 2.39. The summed E-state index contributed by atoms with van der Waals surface area (Å²) in [6, 6.07) is 7.97. The second kappa shape index (κ2) is 8.72. The third-order valence-electron chi connectivity index (χ3n) is 6.01. The summed E-state index contributed by atoms with van der Waals surface area (Å²) in [5, 5.41) is 0.417. The molecule has 0 amide bonds. The number of hydrogen-bond donors (Lipinski definition) is 0. The van der Waals surface area contributed by atoms with E-state index >= 15 is 0 Å². The molecule has 0 spiro atoms. The van der Waals surface area contributed by atoms with E-state index in [4.69, 9.17) is 35.3 Å². The van der Waals surface area contributed by atoms with Crippen LogP contribution in [0.3, 0.4) is 0 Å². The Bertz CT molecular complexity index is 1640. The number of nitrogens with zero attached hydrogens (tertiary/aromatic N) is 2. The molecule has 3 aromatic rings. The van der Waals surface area contributed by atoms with Crippen LogP contribution in [-0.4, -0.2) is 30.7 Å². The first-order valence-corrected chi connectivity index (χ1v) is 12.3. The van der Waals surface area contributed by atoms with Crippen LogP contribution in [0.25, 0.3) is 6.08 Å². The summed E-state index contributed by atoms with van der Waals surface area (Å²) in [5.74, 6) is 1.71. The predicted octanol–water partition coefficient (Wildman–Crippen LogP) is 2.91. The number of thiazole rings is 1. The van der Waals surface area contributed by atoms with Crippen LogP contribution in [0, 0.1) is 0 Å². The predicted molar refractivity (Wildman–Crippen MR) is 131 cm³/mol. The number of benzene rings is 2. The van der Waals surface area contributed by atoms with Crippen molar-refractivity contribution in [2.45, 2.75) is 19.9 Å². The van der Waals surface area contributed by atoms with Gasteiger partial charge in [-0.2, -0.15) is 0 Å². The number of halogens is 1. The van der Waals surface area contributed by atoms with Crippen molar-refractivity contribution in [3.63, 3.8) is 0 Å². The van der Waals surface area contributed by atoms with Crippen LogP contribution in [0.1, 0.15) is 31.0 Å². The molecule has 184 valence electrons. The first-order valence-electron chi connectivity index (χ1n) is 11.1. The maximum absolute atomic E-state index is 13.8. The minimum Gasteiger partial charge on any atom is -0.463 e. The molecule has 0 unspecified atom stereocenters. The summed E-state index contributed by atoms with van der Waals surface area (Å²) in [6.45, 7) is 3.88. The van der Waals surface area contributed by atoms with E-state index in [9.17, 15) is 9.59 Å². The molecule has 3 aliphatic rings. The number of carbonyl (C=O) groups is 1. The van der Waals surface area contributed by atoms with Gasteiger partial charge in [0, 0.05) is 6.07 Å². The molecule has 0 radical (unpaired) electrons. The zero-order chi connectivity index (χ0) is 25.0. The molecule has 1 aromatic heterocycles. The normalized spacial score (nSPS) is 17.8. The summed E-state index contributed by atoms with van der Waals surface area (Å²) < 4.78 is 29.0. The minimum atomic E-state index is -0.760. The average Bonchev–Trinajstić information content (AvgIpc) is 3.57. The van der Waals surface area contributed by atoms with Gasteiger partial charge in [-0.3, -0.25) is 9.36 Å². The molecule has 0 aliphatic carbocycles. The maximum Gasteiger partial charge on any atom is 0.338 e. The second-order valence-corrected chi connectivity index (χ2v) is 9.56. The Morgan fingerprint density at radius 3 is 2.58 bits per heavy atom. The number of aromatic nitrogens is 1. The van der Waals surface area contributed by atoms with E-state index in [0.717, 1.165) is 0 Å². The molecule has 0 fully saturated rings. The molecular weight excluding hydrogens is 508 g/mol. The van der Waals surface area contributed by atoms with Crippen LogP contribution in [0.5, 0.6) is 23.0 Å². The fraction of sp³-hybridized carbons (Fsp3) is 0.240. The van der Waals surface area contributed by atoms with Crippen LogP contribution in [0.15, 0.2) is 51.4 Å². The van der Waals surface area contributed by atoms with E-state index in [0.29, 0.717) is 54.2 Å². The van der Waals surface area contributed by atoms with Gasteiger partial charge in [0.2, 0.25) is 13.6 Å². The van der Waals surface area contributed by atoms with Crippen molar-refractivity contribution in [3.05, 3.63) is 77.4 Å². The van der Waals surface area contributed by atoms with Crippen molar-refractivity contribution in [2.24, 2.45) is 4.99 Å². The van der Waals surface area contributed by atoms with Crippen molar-refractivity contribution in [1.29, 1.82) is 0 Å². The van der Waals surface area contributed by atoms with Crippen molar-refractivity contribution in [1.82, 2.24) is 4.57 Å². The van der Waals surface area contributed by atoms with Gasteiger partial charge < -0.3 is 23.7 Å². The molecule has 11 heteroatoms. The van der Waals surface area contributed by atoms with Gasteiger partial charge in [-0.05, 0) is 49.2 Å². The Hall–Kier alpha value is -3.76. The van der Waals surface area contributed by atoms with Gasteiger partial charge in [0.15, 0.2) is 27.8 Å². The van der Waals surface area contributed by atoms with Gasteiger partial charge in [0.25, 0.3) is 5.56 Å². The highest BCUT2D eigenvalue weighted by Gasteiger charge is 2.34. The lowest BCUT2D eigenvalue weighted by Crippen LogP contribution is -2.39. The van der Waals surface area contributed by atoms with E-state index < -0.39 is 12.0 Å². The van der Waals surface area contributed by atoms with E-state index in [1.54, 1.807) is 44.2 Å². The Balaban J connectivity index is 1.54. The third-order valence-corrected chi connectivity index (χ3v) is 7.32. The monoisotopic (exact) mass is 526 g/mol. The fourth-order valence-electron chi connectivity index (χ4n) is 4.37. The fourth-order valence-corrected chi connectivity index (χ4v) is 5.62. The van der Waals surface area contributed by atoms with Gasteiger partial charge in [-0.25, -0.2) is 9.79 Å². The number of hydrogen-bond acceptors (Lipinski definition) is 9. The molecule has 0 N–H and O–H groups in total. The standard InChI is InChI=1S/C25H19ClN2O7S/c1-3-31-24(30)21-12(2)27-25-28(22(21)13-4-5-16-17(6-13)33-10-32-16)23(29)20(36-25)8-14-7-18-19(9-15(14)26)35-11-34-18/h4-9,22H,3,10-11H2,1-2H3/b20-8+/t22-/m1/s1. The molecule has 3 aliphatic heterocycles. The summed E-state index contributed by atoms with van der Waals surface area (Å²) in [6.07, 6.45) is 1.69. The molecule has 9 nitrogen and oxygen atoms in total. The average molecular weight is 527 g/mol. The van der Waals surface area contributed by atoms with Crippen LogP contribution < -0.4 is 33.8 Å². The van der Waals surface area contributed by atoms with Crippen molar-refractivity contribution in [2.75, 3.05) is 20.2 Å². The third kappa shape index (κ3) is 3.64. The van der Waals surface area contributed by atoms with Crippen LogP contribution in [0.4, 0.5) is 0 Å². The second-order valence-electron chi connectivity index (χ2n) is 8.14. The molecule has 36 heavy (non-hydrogen) atoms. The quantitative estimate of drug-likeness (QED) is 0.482. The zero-order valence-corrected chi connectivity index (χ0v) is 20.8. The summed E-state index contributed by atoms with van der Waals surface area (Å²) in [4.78, 5) is 31.8. The van der Waals surface area contributed by atoms with Crippen LogP contribution >= 0.6 is 22.9 Å². The Morgan fingerprint density at radius 2 is 1.83 bits per heavy atom.